The minimum absolute atomic E-state index is 0.0644. The van der Waals surface area contributed by atoms with Crippen molar-refractivity contribution in [2.45, 2.75) is 50.7 Å². The van der Waals surface area contributed by atoms with Crippen molar-refractivity contribution in [3.8, 4) is 11.1 Å². The van der Waals surface area contributed by atoms with Gasteiger partial charge in [-0.15, -0.1) is 0 Å². The number of benzene rings is 1. The normalized spacial score (nSPS) is 31.1. The summed E-state index contributed by atoms with van der Waals surface area (Å²) < 4.78 is 11.4. The van der Waals surface area contributed by atoms with Crippen molar-refractivity contribution in [3.05, 3.63) is 53.3 Å². The molecule has 0 radical (unpaired) electrons. The van der Waals surface area contributed by atoms with E-state index in [9.17, 15) is 0 Å². The third-order valence-corrected chi connectivity index (χ3v) is 7.12. The monoisotopic (exact) mass is 377 g/mol. The SMILES string of the molecule is COC1CCC2(CC1)Cc1ccc(-c3cncc(C)c3)cc1C21COC(N)=N1. The maximum atomic E-state index is 6.05. The molecule has 5 rings (SSSR count). The van der Waals surface area contributed by atoms with Crippen LogP contribution in [0.1, 0.15) is 42.4 Å². The quantitative estimate of drug-likeness (QED) is 0.866. The second kappa shape index (κ2) is 6.31. The van der Waals surface area contributed by atoms with Gasteiger partial charge in [0.15, 0.2) is 0 Å². The maximum absolute atomic E-state index is 6.05. The molecule has 0 bridgehead atoms. The Morgan fingerprint density at radius 2 is 1.96 bits per heavy atom. The highest BCUT2D eigenvalue weighted by Gasteiger charge is 2.61. The number of pyridine rings is 1. The Morgan fingerprint density at radius 1 is 1.14 bits per heavy atom. The van der Waals surface area contributed by atoms with Crippen LogP contribution in [-0.4, -0.2) is 30.8 Å². The highest BCUT2D eigenvalue weighted by molar-refractivity contribution is 5.76. The molecule has 3 aliphatic rings. The molecule has 0 amide bonds. The predicted molar refractivity (Wildman–Crippen MR) is 109 cm³/mol. The van der Waals surface area contributed by atoms with Crippen molar-refractivity contribution in [1.29, 1.82) is 0 Å². The average Bonchev–Trinajstić information content (AvgIpc) is 3.22. The van der Waals surface area contributed by atoms with Gasteiger partial charge < -0.3 is 15.2 Å². The van der Waals surface area contributed by atoms with Gasteiger partial charge >= 0.3 is 0 Å². The molecule has 2 heterocycles. The molecule has 1 aromatic carbocycles. The van der Waals surface area contributed by atoms with Gasteiger partial charge in [0.1, 0.15) is 12.1 Å². The van der Waals surface area contributed by atoms with Gasteiger partial charge in [0.25, 0.3) is 6.02 Å². The Kier molecular flexibility index (Phi) is 3.98. The van der Waals surface area contributed by atoms with E-state index >= 15 is 0 Å². The van der Waals surface area contributed by atoms with Crippen LogP contribution >= 0.6 is 0 Å². The lowest BCUT2D eigenvalue weighted by atomic mass is 9.62. The number of aliphatic imine (C=N–C) groups is 1. The number of aromatic nitrogens is 1. The standard InChI is InChI=1S/C23H27N3O2/c1-15-9-18(13-25-12-15)16-3-4-17-11-22(7-5-19(27-2)6-8-22)23(20(17)10-16)14-28-21(24)26-23/h3-4,9-10,12-13,19H,5-8,11,14H2,1-2H3,(H2,24,26). The van der Waals surface area contributed by atoms with Crippen molar-refractivity contribution in [1.82, 2.24) is 4.98 Å². The zero-order valence-corrected chi connectivity index (χ0v) is 16.6. The van der Waals surface area contributed by atoms with Gasteiger partial charge in [-0.05, 0) is 73.4 Å². The first kappa shape index (κ1) is 17.7. The number of amidine groups is 1. The second-order valence-electron chi connectivity index (χ2n) is 8.61. The fraction of sp³-hybridized carbons (Fsp3) is 0.478. The largest absolute Gasteiger partial charge is 0.462 e. The number of hydrogen-bond acceptors (Lipinski definition) is 5. The molecular formula is C23H27N3O2. The van der Waals surface area contributed by atoms with Crippen LogP contribution in [0, 0.1) is 12.3 Å². The Bertz CT molecular complexity index is 947. The van der Waals surface area contributed by atoms with Gasteiger partial charge in [0.2, 0.25) is 0 Å². The Labute approximate surface area is 166 Å². The zero-order valence-electron chi connectivity index (χ0n) is 16.6. The molecular weight excluding hydrogens is 350 g/mol. The molecule has 1 aliphatic heterocycles. The highest BCUT2D eigenvalue weighted by atomic mass is 16.5. The molecule has 2 N–H and O–H groups in total. The summed E-state index contributed by atoms with van der Waals surface area (Å²) >= 11 is 0. The predicted octanol–water partition coefficient (Wildman–Crippen LogP) is 3.73. The molecule has 1 fully saturated rings. The van der Waals surface area contributed by atoms with Crippen LogP contribution in [0.5, 0.6) is 0 Å². The summed E-state index contributed by atoms with van der Waals surface area (Å²) in [4.78, 5) is 9.33. The number of fused-ring (bicyclic) bond motifs is 3. The van der Waals surface area contributed by atoms with Gasteiger partial charge in [-0.1, -0.05) is 12.1 Å². The van der Waals surface area contributed by atoms with E-state index in [1.807, 2.05) is 19.5 Å². The van der Waals surface area contributed by atoms with E-state index in [-0.39, 0.29) is 11.0 Å². The van der Waals surface area contributed by atoms with Crippen LogP contribution in [0.4, 0.5) is 0 Å². The Hall–Kier alpha value is -2.40. The minimum Gasteiger partial charge on any atom is -0.462 e. The average molecular weight is 377 g/mol. The van der Waals surface area contributed by atoms with Crippen molar-refractivity contribution >= 4 is 6.02 Å². The Balaban J connectivity index is 1.61. The van der Waals surface area contributed by atoms with Gasteiger partial charge in [0.05, 0.1) is 6.10 Å². The van der Waals surface area contributed by atoms with Crippen LogP contribution in [0.15, 0.2) is 41.7 Å². The van der Waals surface area contributed by atoms with Gasteiger partial charge in [-0.25, -0.2) is 4.99 Å². The molecule has 1 atom stereocenters. The number of nitrogens with two attached hydrogens (primary N) is 1. The number of aryl methyl sites for hydroxylation is 1. The van der Waals surface area contributed by atoms with Gasteiger partial charge in [-0.3, -0.25) is 4.98 Å². The molecule has 2 aromatic rings. The van der Waals surface area contributed by atoms with Crippen molar-refractivity contribution in [3.63, 3.8) is 0 Å². The van der Waals surface area contributed by atoms with E-state index < -0.39 is 0 Å². The fourth-order valence-electron chi connectivity index (χ4n) is 5.62. The smallest absolute Gasteiger partial charge is 0.283 e. The number of nitrogens with zero attached hydrogens (tertiary/aromatic N) is 2. The summed E-state index contributed by atoms with van der Waals surface area (Å²) in [7, 11) is 1.82. The summed E-state index contributed by atoms with van der Waals surface area (Å²) in [6, 6.07) is 9.29. The van der Waals surface area contributed by atoms with Crippen molar-refractivity contribution < 1.29 is 9.47 Å². The van der Waals surface area contributed by atoms with E-state index in [0.29, 0.717) is 18.7 Å². The third-order valence-electron chi connectivity index (χ3n) is 7.12. The summed E-state index contributed by atoms with van der Waals surface area (Å²) in [5.41, 5.74) is 11.9. The topological polar surface area (TPSA) is 69.7 Å². The summed E-state index contributed by atoms with van der Waals surface area (Å²) in [5, 5.41) is 0. The molecule has 1 unspecified atom stereocenters. The van der Waals surface area contributed by atoms with Gasteiger partial charge in [0, 0.05) is 30.5 Å². The molecule has 1 saturated carbocycles. The Morgan fingerprint density at radius 3 is 2.64 bits per heavy atom. The maximum Gasteiger partial charge on any atom is 0.283 e. The lowest BCUT2D eigenvalue weighted by molar-refractivity contribution is -0.00983. The lowest BCUT2D eigenvalue weighted by Crippen LogP contribution is -2.46. The summed E-state index contributed by atoms with van der Waals surface area (Å²) in [6.45, 7) is 2.61. The molecule has 2 aliphatic carbocycles. The molecule has 5 nitrogen and oxygen atoms in total. The van der Waals surface area contributed by atoms with E-state index in [2.05, 4.69) is 36.2 Å². The van der Waals surface area contributed by atoms with Crippen LogP contribution in [0.25, 0.3) is 11.1 Å². The summed E-state index contributed by atoms with van der Waals surface area (Å²) in [5.74, 6) is 0. The first-order valence-electron chi connectivity index (χ1n) is 10.1. The number of hydrogen-bond donors (Lipinski definition) is 1. The first-order valence-corrected chi connectivity index (χ1v) is 10.1. The van der Waals surface area contributed by atoms with Crippen LogP contribution in [0.3, 0.4) is 0 Å². The lowest BCUT2D eigenvalue weighted by Gasteiger charge is -2.45. The van der Waals surface area contributed by atoms with Crippen LogP contribution in [-0.2, 0) is 21.4 Å². The molecule has 5 heteroatoms. The van der Waals surface area contributed by atoms with E-state index in [4.69, 9.17) is 20.2 Å². The molecule has 0 saturated heterocycles. The van der Waals surface area contributed by atoms with Crippen LogP contribution in [0.2, 0.25) is 0 Å². The van der Waals surface area contributed by atoms with Crippen LogP contribution < -0.4 is 5.73 Å². The number of methoxy groups -OCH3 is 1. The van der Waals surface area contributed by atoms with Gasteiger partial charge in [-0.2, -0.15) is 0 Å². The number of rotatable bonds is 2. The fourth-order valence-corrected chi connectivity index (χ4v) is 5.62. The molecule has 2 spiro atoms. The highest BCUT2D eigenvalue weighted by Crippen LogP contribution is 2.61. The zero-order chi connectivity index (χ0) is 19.4. The minimum atomic E-state index is -0.377. The van der Waals surface area contributed by atoms with E-state index in [0.717, 1.165) is 43.2 Å². The molecule has 146 valence electrons. The van der Waals surface area contributed by atoms with E-state index in [1.54, 1.807) is 0 Å². The second-order valence-corrected chi connectivity index (χ2v) is 8.61. The third kappa shape index (κ3) is 2.49. The number of ether oxygens (including phenoxy) is 2. The van der Waals surface area contributed by atoms with E-state index in [1.165, 1.54) is 16.7 Å². The van der Waals surface area contributed by atoms with Crippen molar-refractivity contribution in [2.75, 3.05) is 13.7 Å². The van der Waals surface area contributed by atoms with Crippen molar-refractivity contribution in [2.24, 2.45) is 16.1 Å². The molecule has 28 heavy (non-hydrogen) atoms. The molecule has 1 aromatic heterocycles. The summed E-state index contributed by atoms with van der Waals surface area (Å²) in [6.07, 6.45) is 9.50. The first-order chi connectivity index (χ1) is 13.6.